The summed E-state index contributed by atoms with van der Waals surface area (Å²) in [5.41, 5.74) is 1.72. The van der Waals surface area contributed by atoms with Crippen LogP contribution in [-0.4, -0.2) is 38.0 Å². The van der Waals surface area contributed by atoms with Gasteiger partial charge in [0.1, 0.15) is 5.25 Å². The van der Waals surface area contributed by atoms with Gasteiger partial charge in [-0.15, -0.1) is 5.10 Å². The van der Waals surface area contributed by atoms with Gasteiger partial charge in [0, 0.05) is 5.71 Å². The summed E-state index contributed by atoms with van der Waals surface area (Å²) in [5, 5.41) is 16.8. The van der Waals surface area contributed by atoms with Crippen molar-refractivity contribution in [3.8, 4) is 0 Å². The molecule has 1 N–H and O–H groups in total. The number of carbonyl (C=O) groups is 2. The monoisotopic (exact) mass is 319 g/mol. The van der Waals surface area contributed by atoms with Gasteiger partial charge in [-0.25, -0.2) is 0 Å². The number of rotatable bonds is 5. The van der Waals surface area contributed by atoms with Crippen molar-refractivity contribution in [2.24, 2.45) is 10.2 Å². The lowest BCUT2D eigenvalue weighted by molar-refractivity contribution is -0.139. The molecule has 0 radical (unpaired) electrons. The lowest BCUT2D eigenvalue weighted by Crippen LogP contribution is -2.32. The van der Waals surface area contributed by atoms with E-state index in [1.54, 1.807) is 0 Å². The Bertz CT molecular complexity index is 624. The molecular weight excluding hydrogens is 302 g/mol. The third-order valence-corrected chi connectivity index (χ3v) is 4.06. The molecule has 0 spiro atoms. The maximum atomic E-state index is 12.4. The average molecular weight is 319 g/mol. The van der Waals surface area contributed by atoms with Crippen molar-refractivity contribution >= 4 is 34.5 Å². The van der Waals surface area contributed by atoms with Crippen LogP contribution in [0.1, 0.15) is 25.8 Å². The second-order valence-corrected chi connectivity index (χ2v) is 6.21. The van der Waals surface area contributed by atoms with E-state index >= 15 is 0 Å². The summed E-state index contributed by atoms with van der Waals surface area (Å²) in [7, 11) is 0. The number of amidine groups is 1. The molecule has 2 rings (SSSR count). The zero-order valence-electron chi connectivity index (χ0n) is 12.4. The summed E-state index contributed by atoms with van der Waals surface area (Å²) in [6.07, 6.45) is -0.220. The molecule has 1 aromatic carbocycles. The standard InChI is InChI=1S/C15H17N3O3S/c1-10(2)16-17-15-18(9-11-6-4-3-5-7-11)14(21)12(22-15)8-13(19)20/h3-7,12H,8-9H2,1-2H3,(H,19,20)/b17-15+/t12-/m0/s1. The van der Waals surface area contributed by atoms with Crippen molar-refractivity contribution in [3.05, 3.63) is 35.9 Å². The Morgan fingerprint density at radius 2 is 2.00 bits per heavy atom. The fourth-order valence-electron chi connectivity index (χ4n) is 1.93. The summed E-state index contributed by atoms with van der Waals surface area (Å²) >= 11 is 1.15. The summed E-state index contributed by atoms with van der Waals surface area (Å²) in [6.45, 7) is 3.98. The summed E-state index contributed by atoms with van der Waals surface area (Å²) < 4.78 is 0. The van der Waals surface area contributed by atoms with Gasteiger partial charge in [-0.3, -0.25) is 14.5 Å². The number of hydrogen-bond acceptors (Lipinski definition) is 5. The number of carbonyl (C=O) groups excluding carboxylic acids is 1. The van der Waals surface area contributed by atoms with E-state index in [1.165, 1.54) is 4.90 Å². The highest BCUT2D eigenvalue weighted by Gasteiger charge is 2.39. The first-order valence-electron chi connectivity index (χ1n) is 6.80. The van der Waals surface area contributed by atoms with Crippen molar-refractivity contribution in [2.45, 2.75) is 32.1 Å². The van der Waals surface area contributed by atoms with E-state index in [0.29, 0.717) is 11.7 Å². The third kappa shape index (κ3) is 4.17. The molecule has 1 atom stereocenters. The Balaban J connectivity index is 2.25. The Kier molecular flexibility index (Phi) is 5.32. The second-order valence-electron chi connectivity index (χ2n) is 5.04. The molecule has 1 aliphatic heterocycles. The Labute approximate surface area is 132 Å². The molecule has 0 unspecified atom stereocenters. The van der Waals surface area contributed by atoms with Crippen LogP contribution >= 0.6 is 11.8 Å². The lowest BCUT2D eigenvalue weighted by atomic mass is 10.2. The fourth-order valence-corrected chi connectivity index (χ4v) is 3.01. The van der Waals surface area contributed by atoms with Crippen LogP contribution in [0.25, 0.3) is 0 Å². The highest BCUT2D eigenvalue weighted by atomic mass is 32.2. The molecule has 1 aromatic rings. The first-order valence-corrected chi connectivity index (χ1v) is 7.68. The topological polar surface area (TPSA) is 82.3 Å². The molecule has 1 aliphatic rings. The van der Waals surface area contributed by atoms with Gasteiger partial charge in [-0.1, -0.05) is 42.1 Å². The van der Waals surface area contributed by atoms with Crippen LogP contribution in [0.5, 0.6) is 0 Å². The van der Waals surface area contributed by atoms with Gasteiger partial charge in [0.2, 0.25) is 5.91 Å². The van der Waals surface area contributed by atoms with Crippen LogP contribution in [0.3, 0.4) is 0 Å². The van der Waals surface area contributed by atoms with Gasteiger partial charge in [-0.2, -0.15) is 5.10 Å². The van der Waals surface area contributed by atoms with Crippen molar-refractivity contribution in [2.75, 3.05) is 0 Å². The molecule has 7 heteroatoms. The number of carboxylic acids is 1. The third-order valence-electron chi connectivity index (χ3n) is 2.90. The predicted octanol–water partition coefficient (Wildman–Crippen LogP) is 2.36. The summed E-state index contributed by atoms with van der Waals surface area (Å²) in [5.74, 6) is -1.24. The minimum absolute atomic E-state index is 0.220. The highest BCUT2D eigenvalue weighted by molar-refractivity contribution is 8.15. The first-order chi connectivity index (χ1) is 10.5. The smallest absolute Gasteiger partial charge is 0.305 e. The van der Waals surface area contributed by atoms with E-state index in [4.69, 9.17) is 5.11 Å². The van der Waals surface area contributed by atoms with Crippen LogP contribution in [0.2, 0.25) is 0 Å². The van der Waals surface area contributed by atoms with Gasteiger partial charge in [0.05, 0.1) is 13.0 Å². The minimum Gasteiger partial charge on any atom is -0.481 e. The first kappa shape index (κ1) is 16.2. The molecule has 116 valence electrons. The minimum atomic E-state index is -0.998. The number of aliphatic carboxylic acids is 1. The second kappa shape index (κ2) is 7.22. The number of nitrogens with zero attached hydrogens (tertiary/aromatic N) is 3. The van der Waals surface area contributed by atoms with Crippen LogP contribution in [0.15, 0.2) is 40.5 Å². The predicted molar refractivity (Wildman–Crippen MR) is 86.8 cm³/mol. The van der Waals surface area contributed by atoms with E-state index < -0.39 is 11.2 Å². The lowest BCUT2D eigenvalue weighted by Gasteiger charge is -2.15. The van der Waals surface area contributed by atoms with Crippen molar-refractivity contribution in [1.29, 1.82) is 0 Å². The molecule has 0 aliphatic carbocycles. The number of carboxylic acid groups (broad SMARTS) is 1. The maximum absolute atomic E-state index is 12.4. The molecule has 1 amide bonds. The number of benzene rings is 1. The molecule has 1 heterocycles. The maximum Gasteiger partial charge on any atom is 0.305 e. The Morgan fingerprint density at radius 1 is 1.32 bits per heavy atom. The van der Waals surface area contributed by atoms with Gasteiger partial charge < -0.3 is 5.11 Å². The van der Waals surface area contributed by atoms with E-state index in [1.807, 2.05) is 44.2 Å². The molecular formula is C15H17N3O3S. The zero-order valence-corrected chi connectivity index (χ0v) is 13.2. The molecule has 0 saturated carbocycles. The van der Waals surface area contributed by atoms with Crippen LogP contribution in [0.4, 0.5) is 0 Å². The van der Waals surface area contributed by atoms with Crippen LogP contribution in [0, 0.1) is 0 Å². The number of thioether (sulfide) groups is 1. The van der Waals surface area contributed by atoms with Gasteiger partial charge in [-0.05, 0) is 19.4 Å². The molecule has 0 aromatic heterocycles. The van der Waals surface area contributed by atoms with E-state index in [-0.39, 0.29) is 12.3 Å². The van der Waals surface area contributed by atoms with Crippen molar-refractivity contribution in [1.82, 2.24) is 4.90 Å². The molecule has 6 nitrogen and oxygen atoms in total. The van der Waals surface area contributed by atoms with Crippen LogP contribution in [-0.2, 0) is 16.1 Å². The van der Waals surface area contributed by atoms with E-state index in [9.17, 15) is 9.59 Å². The van der Waals surface area contributed by atoms with E-state index in [0.717, 1.165) is 23.0 Å². The largest absolute Gasteiger partial charge is 0.481 e. The Morgan fingerprint density at radius 3 is 2.59 bits per heavy atom. The van der Waals surface area contributed by atoms with Gasteiger partial charge >= 0.3 is 5.97 Å². The van der Waals surface area contributed by atoms with Crippen LogP contribution < -0.4 is 0 Å². The molecule has 22 heavy (non-hydrogen) atoms. The molecule has 1 saturated heterocycles. The highest BCUT2D eigenvalue weighted by Crippen LogP contribution is 2.31. The van der Waals surface area contributed by atoms with Gasteiger partial charge in [0.15, 0.2) is 5.17 Å². The van der Waals surface area contributed by atoms with Gasteiger partial charge in [0.25, 0.3) is 0 Å². The molecule has 1 fully saturated rings. The normalized spacial score (nSPS) is 19.5. The Hall–Kier alpha value is -2.15. The molecule has 0 bridgehead atoms. The SMILES string of the molecule is CC(C)=N/N=C1/S[C@@H](CC(=O)O)C(=O)N1Cc1ccccc1. The number of hydrogen-bond donors (Lipinski definition) is 1. The summed E-state index contributed by atoms with van der Waals surface area (Å²) in [4.78, 5) is 24.8. The van der Waals surface area contributed by atoms with Crippen molar-refractivity contribution < 1.29 is 14.7 Å². The average Bonchev–Trinajstić information content (AvgIpc) is 2.74. The zero-order chi connectivity index (χ0) is 16.1. The van der Waals surface area contributed by atoms with Crippen molar-refractivity contribution in [3.63, 3.8) is 0 Å². The fraction of sp³-hybridized carbons (Fsp3) is 0.333. The summed E-state index contributed by atoms with van der Waals surface area (Å²) in [6, 6.07) is 9.51. The van der Waals surface area contributed by atoms with E-state index in [2.05, 4.69) is 10.2 Å². The number of amides is 1. The quantitative estimate of drug-likeness (QED) is 0.667.